The molecule has 0 bridgehead atoms. The lowest BCUT2D eigenvalue weighted by Gasteiger charge is -2.28. The molecule has 8 aromatic carbocycles. The molecule has 0 fully saturated rings. The van der Waals surface area contributed by atoms with Gasteiger partial charge in [0.2, 0.25) is 0 Å². The van der Waals surface area contributed by atoms with Gasteiger partial charge in [0.25, 0.3) is 0 Å². The van der Waals surface area contributed by atoms with Crippen molar-refractivity contribution in [3.05, 3.63) is 200 Å². The van der Waals surface area contributed by atoms with Crippen LogP contribution in [0.5, 0.6) is 0 Å². The molecule has 1 aliphatic rings. The standard InChI is InChI=1S/C49H34N4/c1-5-14-34(15-6-1)44-32-45(35-16-7-2-8-17-35)51-48(50-44)40-21-13-20-38(30-40)39-27-25-33-24-26-36-28-29-43-47(46(36)42(33)31-39)53(41-22-11-4-12-23-41)49(52-43)37-18-9-3-10-19-37/h1-32,49,52H. The van der Waals surface area contributed by atoms with Gasteiger partial charge in [-0.2, -0.15) is 0 Å². The number of nitrogens with zero attached hydrogens (tertiary/aromatic N) is 3. The summed E-state index contributed by atoms with van der Waals surface area (Å²) in [5, 5.41) is 8.73. The summed E-state index contributed by atoms with van der Waals surface area (Å²) in [7, 11) is 0. The smallest absolute Gasteiger partial charge is 0.160 e. The Labute approximate surface area is 308 Å². The minimum Gasteiger partial charge on any atom is -0.359 e. The van der Waals surface area contributed by atoms with Crippen molar-refractivity contribution in [2.75, 3.05) is 10.2 Å². The van der Waals surface area contributed by atoms with Crippen LogP contribution in [0.4, 0.5) is 17.1 Å². The van der Waals surface area contributed by atoms with Gasteiger partial charge in [-0.3, -0.25) is 0 Å². The van der Waals surface area contributed by atoms with Crippen LogP contribution in [0.3, 0.4) is 0 Å². The topological polar surface area (TPSA) is 41.1 Å². The van der Waals surface area contributed by atoms with Gasteiger partial charge in [-0.1, -0.05) is 158 Å². The highest BCUT2D eigenvalue weighted by Crippen LogP contribution is 2.51. The minimum atomic E-state index is -0.0400. The fraction of sp³-hybridized carbons (Fsp3) is 0.0204. The highest BCUT2D eigenvalue weighted by molar-refractivity contribution is 6.18. The monoisotopic (exact) mass is 678 g/mol. The van der Waals surface area contributed by atoms with Crippen molar-refractivity contribution in [1.29, 1.82) is 0 Å². The maximum absolute atomic E-state index is 5.11. The van der Waals surface area contributed by atoms with E-state index in [1.807, 2.05) is 12.1 Å². The lowest BCUT2D eigenvalue weighted by Crippen LogP contribution is -2.23. The first-order chi connectivity index (χ1) is 26.3. The van der Waals surface area contributed by atoms with Gasteiger partial charge in [-0.25, -0.2) is 9.97 Å². The number of nitrogens with one attached hydrogen (secondary N) is 1. The van der Waals surface area contributed by atoms with Crippen molar-refractivity contribution < 1.29 is 0 Å². The molecule has 9 aromatic rings. The second kappa shape index (κ2) is 12.9. The summed E-state index contributed by atoms with van der Waals surface area (Å²) in [5.41, 5.74) is 11.8. The zero-order valence-corrected chi connectivity index (χ0v) is 28.9. The second-order valence-corrected chi connectivity index (χ2v) is 13.5. The van der Waals surface area contributed by atoms with Crippen LogP contribution in [0.15, 0.2) is 194 Å². The summed E-state index contributed by atoms with van der Waals surface area (Å²) in [5.74, 6) is 0.702. The predicted octanol–water partition coefficient (Wildman–Crippen LogP) is 12.7. The van der Waals surface area contributed by atoms with E-state index in [1.54, 1.807) is 0 Å². The van der Waals surface area contributed by atoms with E-state index in [4.69, 9.17) is 9.97 Å². The Morgan fingerprint density at radius 2 is 0.981 bits per heavy atom. The van der Waals surface area contributed by atoms with Crippen molar-refractivity contribution in [2.24, 2.45) is 0 Å². The van der Waals surface area contributed by atoms with Gasteiger partial charge in [0.1, 0.15) is 6.17 Å². The molecule has 4 heteroatoms. The summed E-state index contributed by atoms with van der Waals surface area (Å²) < 4.78 is 0. The quantitative estimate of drug-likeness (QED) is 0.178. The first kappa shape index (κ1) is 30.8. The van der Waals surface area contributed by atoms with E-state index in [-0.39, 0.29) is 6.17 Å². The van der Waals surface area contributed by atoms with E-state index < -0.39 is 0 Å². The van der Waals surface area contributed by atoms with Gasteiger partial charge in [0, 0.05) is 27.8 Å². The number of hydrogen-bond acceptors (Lipinski definition) is 4. The van der Waals surface area contributed by atoms with E-state index in [1.165, 1.54) is 32.8 Å². The van der Waals surface area contributed by atoms with Crippen molar-refractivity contribution >= 4 is 38.6 Å². The van der Waals surface area contributed by atoms with Gasteiger partial charge in [0.15, 0.2) is 5.82 Å². The van der Waals surface area contributed by atoms with Gasteiger partial charge in [-0.15, -0.1) is 0 Å². The molecule has 4 nitrogen and oxygen atoms in total. The Morgan fingerprint density at radius 1 is 0.434 bits per heavy atom. The molecule has 1 aliphatic heterocycles. The molecule has 10 rings (SSSR count). The summed E-state index contributed by atoms with van der Waals surface area (Å²) in [6.45, 7) is 0. The molecule has 2 heterocycles. The number of aromatic nitrogens is 2. The lowest BCUT2D eigenvalue weighted by atomic mass is 9.95. The van der Waals surface area contributed by atoms with Crippen LogP contribution in [0.1, 0.15) is 11.7 Å². The normalized spacial score (nSPS) is 13.6. The second-order valence-electron chi connectivity index (χ2n) is 13.5. The Kier molecular flexibility index (Phi) is 7.51. The molecule has 1 aromatic heterocycles. The van der Waals surface area contributed by atoms with E-state index in [0.717, 1.165) is 50.6 Å². The molecule has 0 saturated heterocycles. The average molecular weight is 679 g/mol. The molecule has 0 aliphatic carbocycles. The lowest BCUT2D eigenvalue weighted by molar-refractivity contribution is 0.830. The third-order valence-corrected chi connectivity index (χ3v) is 10.2. The fourth-order valence-electron chi connectivity index (χ4n) is 7.68. The molecule has 1 unspecified atom stereocenters. The van der Waals surface area contributed by atoms with Gasteiger partial charge >= 0.3 is 0 Å². The summed E-state index contributed by atoms with van der Waals surface area (Å²) in [6, 6.07) is 68.6. The number of rotatable bonds is 6. The number of hydrogen-bond donors (Lipinski definition) is 1. The SMILES string of the molecule is c1ccc(-c2cc(-c3ccccc3)nc(-c3cccc(-c4ccc5ccc6ccc7c(c6c5c4)N(c4ccccc4)C(c4ccccc4)N7)c3)n2)cc1. The van der Waals surface area contributed by atoms with Crippen LogP contribution in [0, 0.1) is 0 Å². The number of para-hydroxylation sites is 1. The van der Waals surface area contributed by atoms with E-state index in [2.05, 4.69) is 192 Å². The molecular formula is C49H34N4. The van der Waals surface area contributed by atoms with Gasteiger partial charge < -0.3 is 10.2 Å². The molecule has 0 radical (unpaired) electrons. The Hall–Kier alpha value is -7.04. The molecule has 250 valence electrons. The van der Waals surface area contributed by atoms with Crippen LogP contribution in [-0.2, 0) is 0 Å². The Morgan fingerprint density at radius 3 is 1.68 bits per heavy atom. The van der Waals surface area contributed by atoms with E-state index >= 15 is 0 Å². The Bertz CT molecular complexity index is 2690. The fourth-order valence-corrected chi connectivity index (χ4v) is 7.68. The maximum atomic E-state index is 5.11. The molecule has 0 saturated carbocycles. The third-order valence-electron chi connectivity index (χ3n) is 10.2. The highest BCUT2D eigenvalue weighted by Gasteiger charge is 2.33. The molecule has 1 N–H and O–H groups in total. The van der Waals surface area contributed by atoms with Crippen molar-refractivity contribution in [1.82, 2.24) is 9.97 Å². The summed E-state index contributed by atoms with van der Waals surface area (Å²) in [4.78, 5) is 12.7. The first-order valence-electron chi connectivity index (χ1n) is 18.0. The molecule has 53 heavy (non-hydrogen) atoms. The third kappa shape index (κ3) is 5.58. The zero-order valence-electron chi connectivity index (χ0n) is 28.9. The van der Waals surface area contributed by atoms with Crippen LogP contribution in [-0.4, -0.2) is 9.97 Å². The van der Waals surface area contributed by atoms with Crippen molar-refractivity contribution in [2.45, 2.75) is 6.17 Å². The Balaban J connectivity index is 1.13. The first-order valence-corrected chi connectivity index (χ1v) is 18.0. The predicted molar refractivity (Wildman–Crippen MR) is 220 cm³/mol. The molecule has 1 atom stereocenters. The van der Waals surface area contributed by atoms with Gasteiger partial charge in [0.05, 0.1) is 22.8 Å². The number of anilines is 3. The number of benzene rings is 8. The number of fused-ring (bicyclic) bond motifs is 5. The largest absolute Gasteiger partial charge is 0.359 e. The van der Waals surface area contributed by atoms with Crippen LogP contribution < -0.4 is 10.2 Å². The zero-order chi connectivity index (χ0) is 35.1. The van der Waals surface area contributed by atoms with E-state index in [0.29, 0.717) is 5.82 Å². The van der Waals surface area contributed by atoms with Crippen LogP contribution in [0.25, 0.3) is 66.6 Å². The highest BCUT2D eigenvalue weighted by atomic mass is 15.3. The average Bonchev–Trinajstić information content (AvgIpc) is 3.64. The van der Waals surface area contributed by atoms with E-state index in [9.17, 15) is 0 Å². The van der Waals surface area contributed by atoms with Crippen LogP contribution in [0.2, 0.25) is 0 Å². The molecular weight excluding hydrogens is 645 g/mol. The molecule has 0 amide bonds. The molecule has 0 spiro atoms. The van der Waals surface area contributed by atoms with Crippen molar-refractivity contribution in [3.63, 3.8) is 0 Å². The summed E-state index contributed by atoms with van der Waals surface area (Å²) >= 11 is 0. The maximum Gasteiger partial charge on any atom is 0.160 e. The van der Waals surface area contributed by atoms with Crippen molar-refractivity contribution in [3.8, 4) is 45.0 Å². The minimum absolute atomic E-state index is 0.0400. The summed E-state index contributed by atoms with van der Waals surface area (Å²) in [6.07, 6.45) is -0.0400. The van der Waals surface area contributed by atoms with Crippen LogP contribution >= 0.6 is 0 Å². The van der Waals surface area contributed by atoms with Gasteiger partial charge in [-0.05, 0) is 69.2 Å².